The van der Waals surface area contributed by atoms with Gasteiger partial charge in [-0.15, -0.1) is 0 Å². The van der Waals surface area contributed by atoms with Gasteiger partial charge in [0.2, 0.25) is 11.8 Å². The third kappa shape index (κ3) is 4.18. The van der Waals surface area contributed by atoms with E-state index < -0.39 is 23.1 Å². The highest BCUT2D eigenvalue weighted by Crippen LogP contribution is 2.36. The van der Waals surface area contributed by atoms with E-state index in [1.807, 2.05) is 6.92 Å². The van der Waals surface area contributed by atoms with Gasteiger partial charge in [-0.25, -0.2) is 4.79 Å². The van der Waals surface area contributed by atoms with Gasteiger partial charge < -0.3 is 25.0 Å². The van der Waals surface area contributed by atoms with Crippen LogP contribution in [-0.4, -0.2) is 48.2 Å². The van der Waals surface area contributed by atoms with Crippen LogP contribution in [0.3, 0.4) is 0 Å². The maximum absolute atomic E-state index is 13.2. The lowest BCUT2D eigenvalue weighted by Crippen LogP contribution is -2.42. The number of carbonyl (C=O) groups is 2. The van der Waals surface area contributed by atoms with Crippen molar-refractivity contribution in [1.29, 1.82) is 0 Å². The molecule has 1 fully saturated rings. The number of nitrogens with zero attached hydrogens (tertiary/aromatic N) is 3. The number of rotatable bonds is 6. The van der Waals surface area contributed by atoms with E-state index >= 15 is 0 Å². The number of aromatic amines is 1. The summed E-state index contributed by atoms with van der Waals surface area (Å²) in [6, 6.07) is 5.20. The van der Waals surface area contributed by atoms with Gasteiger partial charge in [0.25, 0.3) is 5.56 Å². The Hall–Kier alpha value is -3.76. The second-order valence-corrected chi connectivity index (χ2v) is 8.13. The van der Waals surface area contributed by atoms with Gasteiger partial charge in [-0.05, 0) is 18.6 Å². The molecule has 3 N–H and O–H groups in total. The number of amides is 2. The summed E-state index contributed by atoms with van der Waals surface area (Å²) in [4.78, 5) is 55.5. The Kier molecular flexibility index (Phi) is 6.12. The van der Waals surface area contributed by atoms with Crippen LogP contribution in [0.5, 0.6) is 11.5 Å². The first-order valence-electron chi connectivity index (χ1n) is 10.9. The summed E-state index contributed by atoms with van der Waals surface area (Å²) < 4.78 is 12.4. The summed E-state index contributed by atoms with van der Waals surface area (Å²) in [7, 11) is 1.43. The number of anilines is 3. The van der Waals surface area contributed by atoms with Gasteiger partial charge in [0.05, 0.1) is 5.92 Å². The number of fused-ring (bicyclic) bond motifs is 1. The summed E-state index contributed by atoms with van der Waals surface area (Å²) in [5.41, 5.74) is 5.27. The summed E-state index contributed by atoms with van der Waals surface area (Å²) >= 11 is 0. The number of nitrogens with one attached hydrogen (secondary N) is 1. The van der Waals surface area contributed by atoms with Crippen molar-refractivity contribution in [1.82, 2.24) is 9.55 Å². The Labute approximate surface area is 189 Å². The maximum atomic E-state index is 13.2. The van der Waals surface area contributed by atoms with Crippen molar-refractivity contribution in [2.45, 2.75) is 32.7 Å². The smallest absolute Gasteiger partial charge is 0.330 e. The zero-order chi connectivity index (χ0) is 23.7. The summed E-state index contributed by atoms with van der Waals surface area (Å²) in [6.07, 6.45) is 1.51. The molecule has 3 heterocycles. The minimum atomic E-state index is -0.742. The first-order valence-corrected chi connectivity index (χ1v) is 10.9. The molecular formula is C22H27N5O6. The molecule has 2 aromatic rings. The molecule has 2 aliphatic rings. The third-order valence-electron chi connectivity index (χ3n) is 5.93. The quantitative estimate of drug-likeness (QED) is 0.651. The van der Waals surface area contributed by atoms with Gasteiger partial charge in [-0.3, -0.25) is 23.9 Å². The monoisotopic (exact) mass is 457 g/mol. The number of carbonyl (C=O) groups excluding carboxylic acids is 2. The average molecular weight is 457 g/mol. The number of aromatic nitrogens is 2. The van der Waals surface area contributed by atoms with Crippen LogP contribution in [0, 0.1) is 5.92 Å². The molecule has 1 aromatic carbocycles. The van der Waals surface area contributed by atoms with E-state index in [0.717, 1.165) is 11.3 Å². The van der Waals surface area contributed by atoms with E-state index in [2.05, 4.69) is 4.98 Å². The number of unbranched alkanes of at least 4 members (excludes halogenated alkanes) is 1. The molecule has 0 unspecified atom stereocenters. The number of nitrogens with two attached hydrogens (primary N) is 1. The summed E-state index contributed by atoms with van der Waals surface area (Å²) in [5, 5.41) is 0. The Morgan fingerprint density at radius 2 is 1.94 bits per heavy atom. The number of hydrogen-bond acceptors (Lipinski definition) is 7. The molecule has 0 spiro atoms. The SMILES string of the molecule is CCCCn1c(N)c(N(C)C(=O)[C@H]2CC(=O)N(c3ccc4c(c3)OCCO4)C2)c(=O)[nH]c1=O. The Morgan fingerprint density at radius 3 is 2.67 bits per heavy atom. The Balaban J connectivity index is 1.56. The van der Waals surface area contributed by atoms with Crippen molar-refractivity contribution in [3.8, 4) is 11.5 Å². The molecule has 33 heavy (non-hydrogen) atoms. The van der Waals surface area contributed by atoms with Crippen LogP contribution in [0.2, 0.25) is 0 Å². The number of ether oxygens (including phenoxy) is 2. The normalized spacial score (nSPS) is 17.3. The first-order chi connectivity index (χ1) is 15.8. The lowest BCUT2D eigenvalue weighted by atomic mass is 10.1. The number of nitrogen functional groups attached to an aromatic ring is 1. The second kappa shape index (κ2) is 9.00. The van der Waals surface area contributed by atoms with Crippen molar-refractivity contribution in [3.63, 3.8) is 0 Å². The van der Waals surface area contributed by atoms with Crippen LogP contribution in [-0.2, 0) is 16.1 Å². The van der Waals surface area contributed by atoms with Gasteiger partial charge in [0.1, 0.15) is 19.0 Å². The summed E-state index contributed by atoms with van der Waals surface area (Å²) in [6.45, 7) is 3.33. The van der Waals surface area contributed by atoms with E-state index in [0.29, 0.717) is 43.4 Å². The lowest BCUT2D eigenvalue weighted by Gasteiger charge is -2.24. The standard InChI is InChI=1S/C22H27N5O6/c1-3-4-7-26-19(23)18(20(29)24-22(26)31)25(2)21(30)13-10-17(28)27(12-13)14-5-6-15-16(11-14)33-9-8-32-15/h5-6,11,13H,3-4,7-10,12,23H2,1-2H3,(H,24,29,31)/t13-/m0/s1. The minimum absolute atomic E-state index is 0.00903. The third-order valence-corrected chi connectivity index (χ3v) is 5.93. The molecular weight excluding hydrogens is 430 g/mol. The minimum Gasteiger partial charge on any atom is -0.486 e. The molecule has 1 saturated heterocycles. The van der Waals surface area contributed by atoms with E-state index in [4.69, 9.17) is 15.2 Å². The molecule has 1 aromatic heterocycles. The Morgan fingerprint density at radius 1 is 1.21 bits per heavy atom. The van der Waals surface area contributed by atoms with Crippen LogP contribution >= 0.6 is 0 Å². The van der Waals surface area contributed by atoms with Gasteiger partial charge in [0, 0.05) is 38.3 Å². The van der Waals surface area contributed by atoms with Crippen LogP contribution < -0.4 is 36.3 Å². The van der Waals surface area contributed by atoms with Gasteiger partial charge in [-0.1, -0.05) is 13.3 Å². The average Bonchev–Trinajstić information content (AvgIpc) is 3.19. The largest absolute Gasteiger partial charge is 0.486 e. The molecule has 0 bridgehead atoms. The predicted molar refractivity (Wildman–Crippen MR) is 122 cm³/mol. The number of hydrogen-bond donors (Lipinski definition) is 2. The van der Waals surface area contributed by atoms with Crippen LogP contribution in [0.15, 0.2) is 27.8 Å². The molecule has 11 heteroatoms. The fourth-order valence-electron chi connectivity index (χ4n) is 4.15. The van der Waals surface area contributed by atoms with E-state index in [1.54, 1.807) is 18.2 Å². The zero-order valence-corrected chi connectivity index (χ0v) is 18.6. The fraction of sp³-hybridized carbons (Fsp3) is 0.455. The van der Waals surface area contributed by atoms with Gasteiger partial charge in [-0.2, -0.15) is 0 Å². The highest BCUT2D eigenvalue weighted by molar-refractivity contribution is 6.05. The van der Waals surface area contributed by atoms with E-state index in [1.165, 1.54) is 16.5 Å². The second-order valence-electron chi connectivity index (χ2n) is 8.13. The first kappa shape index (κ1) is 22.4. The Bertz CT molecular complexity index is 1200. The van der Waals surface area contributed by atoms with Gasteiger partial charge >= 0.3 is 5.69 Å². The molecule has 4 rings (SSSR count). The highest BCUT2D eigenvalue weighted by Gasteiger charge is 2.38. The fourth-order valence-corrected chi connectivity index (χ4v) is 4.15. The highest BCUT2D eigenvalue weighted by atomic mass is 16.6. The van der Waals surface area contributed by atoms with Crippen molar-refractivity contribution in [2.24, 2.45) is 5.92 Å². The number of H-pyrrole nitrogens is 1. The van der Waals surface area contributed by atoms with Gasteiger partial charge in [0.15, 0.2) is 17.2 Å². The van der Waals surface area contributed by atoms with Crippen LogP contribution in [0.4, 0.5) is 17.2 Å². The molecule has 2 amide bonds. The predicted octanol–water partition coefficient (Wildman–Crippen LogP) is 0.706. The molecule has 0 aliphatic carbocycles. The van der Waals surface area contributed by atoms with Crippen molar-refractivity contribution in [2.75, 3.05) is 42.3 Å². The molecule has 176 valence electrons. The molecule has 11 nitrogen and oxygen atoms in total. The van der Waals surface area contributed by atoms with E-state index in [9.17, 15) is 19.2 Å². The van der Waals surface area contributed by atoms with Crippen molar-refractivity contribution in [3.05, 3.63) is 39.0 Å². The molecule has 0 saturated carbocycles. The topological polar surface area (TPSA) is 140 Å². The molecule has 1 atom stereocenters. The molecule has 2 aliphatic heterocycles. The lowest BCUT2D eigenvalue weighted by molar-refractivity contribution is -0.124. The number of benzene rings is 1. The van der Waals surface area contributed by atoms with Crippen molar-refractivity contribution >= 4 is 29.0 Å². The maximum Gasteiger partial charge on any atom is 0.330 e. The zero-order valence-electron chi connectivity index (χ0n) is 18.6. The summed E-state index contributed by atoms with van der Waals surface area (Å²) in [5.74, 6) is -0.231. The molecule has 0 radical (unpaired) electrons. The van der Waals surface area contributed by atoms with Crippen LogP contribution in [0.25, 0.3) is 0 Å². The van der Waals surface area contributed by atoms with E-state index in [-0.39, 0.29) is 30.4 Å². The van der Waals surface area contributed by atoms with Crippen molar-refractivity contribution < 1.29 is 19.1 Å². The van der Waals surface area contributed by atoms with Crippen LogP contribution in [0.1, 0.15) is 26.2 Å².